The monoisotopic (exact) mass is 523 g/mol. The van der Waals surface area contributed by atoms with Crippen molar-refractivity contribution in [3.63, 3.8) is 0 Å². The maximum Gasteiger partial charge on any atom is 0.326 e. The maximum absolute atomic E-state index is 13.6. The number of carboxylic acid groups (broad SMARTS) is 1. The zero-order chi connectivity index (χ0) is 27.5. The quantitative estimate of drug-likeness (QED) is 0.221. The molecule has 0 aromatic heterocycles. The van der Waals surface area contributed by atoms with Crippen molar-refractivity contribution in [1.29, 1.82) is 0 Å². The molecule has 0 fully saturated rings. The number of carbonyl (C=O) groups is 2. The van der Waals surface area contributed by atoms with Crippen molar-refractivity contribution in [2.24, 2.45) is 0 Å². The summed E-state index contributed by atoms with van der Waals surface area (Å²) in [5.41, 5.74) is 3.45. The van der Waals surface area contributed by atoms with Gasteiger partial charge in [0.15, 0.2) is 11.5 Å². The lowest BCUT2D eigenvalue weighted by atomic mass is 9.90. The van der Waals surface area contributed by atoms with Gasteiger partial charge < -0.3 is 19.9 Å². The number of carbonyl (C=O) groups excluding carboxylic acids is 1. The van der Waals surface area contributed by atoms with Crippen LogP contribution in [0.5, 0.6) is 11.5 Å². The first kappa shape index (κ1) is 27.5. The van der Waals surface area contributed by atoms with Crippen molar-refractivity contribution in [3.8, 4) is 11.5 Å². The summed E-state index contributed by atoms with van der Waals surface area (Å²) >= 11 is 0. The zero-order valence-corrected chi connectivity index (χ0v) is 22.0. The maximum atomic E-state index is 13.6. The molecule has 6 nitrogen and oxygen atoms in total. The van der Waals surface area contributed by atoms with Gasteiger partial charge in [0.2, 0.25) is 5.91 Å². The van der Waals surface area contributed by atoms with Crippen molar-refractivity contribution in [2.45, 2.75) is 31.2 Å². The van der Waals surface area contributed by atoms with Gasteiger partial charge in [0.25, 0.3) is 0 Å². The van der Waals surface area contributed by atoms with Gasteiger partial charge in [-0.3, -0.25) is 4.79 Å². The lowest BCUT2D eigenvalue weighted by Gasteiger charge is -2.22. The van der Waals surface area contributed by atoms with Crippen molar-refractivity contribution in [3.05, 3.63) is 131 Å². The molecule has 0 aliphatic heterocycles. The van der Waals surface area contributed by atoms with E-state index in [9.17, 15) is 14.7 Å². The Balaban J connectivity index is 1.51. The van der Waals surface area contributed by atoms with E-state index in [4.69, 9.17) is 9.47 Å². The highest BCUT2D eigenvalue weighted by Crippen LogP contribution is 2.32. The van der Waals surface area contributed by atoms with Crippen LogP contribution in [0, 0.1) is 0 Å². The Bertz CT molecular complexity index is 1300. The molecule has 0 aliphatic rings. The highest BCUT2D eigenvalue weighted by Gasteiger charge is 2.29. The highest BCUT2D eigenvalue weighted by molar-refractivity contribution is 5.90. The summed E-state index contributed by atoms with van der Waals surface area (Å²) in [5.74, 6) is -1.13. The first-order valence-electron chi connectivity index (χ1n) is 13.0. The van der Waals surface area contributed by atoms with Crippen LogP contribution in [0.25, 0.3) is 0 Å². The van der Waals surface area contributed by atoms with Gasteiger partial charge in [-0.15, -0.1) is 0 Å². The molecule has 4 aromatic rings. The van der Waals surface area contributed by atoms with Crippen LogP contribution < -0.4 is 14.8 Å². The van der Waals surface area contributed by atoms with Crippen LogP contribution >= 0.6 is 0 Å². The molecule has 0 bridgehead atoms. The predicted molar refractivity (Wildman–Crippen MR) is 151 cm³/mol. The van der Waals surface area contributed by atoms with Crippen LogP contribution in [0.15, 0.2) is 109 Å². The zero-order valence-electron chi connectivity index (χ0n) is 22.0. The molecular weight excluding hydrogens is 490 g/mol. The second-order valence-electron chi connectivity index (χ2n) is 9.24. The highest BCUT2D eigenvalue weighted by atomic mass is 16.5. The average molecular weight is 524 g/mol. The largest absolute Gasteiger partial charge is 0.493 e. The number of amides is 1. The van der Waals surface area contributed by atoms with Gasteiger partial charge >= 0.3 is 5.97 Å². The Hall–Kier alpha value is -4.58. The molecule has 2 N–H and O–H groups in total. The van der Waals surface area contributed by atoms with E-state index >= 15 is 0 Å². The SMILES string of the molecule is COc1cccc(C[C@@H](NC(=O)C(c2ccccc2)c2ccccc2)C(=O)O)c1OCCCc1ccccc1. The van der Waals surface area contributed by atoms with Crippen LogP contribution in [0.2, 0.25) is 0 Å². The van der Waals surface area contributed by atoms with Crippen LogP contribution in [0.1, 0.15) is 34.6 Å². The van der Waals surface area contributed by atoms with Crippen LogP contribution in [-0.2, 0) is 22.4 Å². The second-order valence-corrected chi connectivity index (χ2v) is 9.24. The Morgan fingerprint density at radius 3 is 1.95 bits per heavy atom. The third-order valence-electron chi connectivity index (χ3n) is 6.55. The number of aliphatic carboxylic acids is 1. The predicted octanol–water partition coefficient (Wildman–Crippen LogP) is 5.65. The van der Waals surface area contributed by atoms with Crippen LogP contribution in [0.4, 0.5) is 0 Å². The molecule has 0 saturated heterocycles. The van der Waals surface area contributed by atoms with Gasteiger partial charge in [0, 0.05) is 12.0 Å². The minimum absolute atomic E-state index is 0.0442. The molecule has 200 valence electrons. The van der Waals surface area contributed by atoms with Gasteiger partial charge in [-0.05, 0) is 35.6 Å². The summed E-state index contributed by atoms with van der Waals surface area (Å²) in [6.45, 7) is 0.441. The molecule has 4 rings (SSSR count). The van der Waals surface area contributed by atoms with Gasteiger partial charge in [-0.1, -0.05) is 103 Å². The van der Waals surface area contributed by atoms with E-state index in [1.54, 1.807) is 19.2 Å². The topological polar surface area (TPSA) is 84.9 Å². The Morgan fingerprint density at radius 2 is 1.38 bits per heavy atom. The lowest BCUT2D eigenvalue weighted by Crippen LogP contribution is -2.44. The fraction of sp³-hybridized carbons (Fsp3) is 0.212. The minimum Gasteiger partial charge on any atom is -0.493 e. The molecule has 0 spiro atoms. The number of hydrogen-bond acceptors (Lipinski definition) is 4. The van der Waals surface area contributed by atoms with Crippen molar-refractivity contribution >= 4 is 11.9 Å². The number of rotatable bonds is 13. The number of para-hydroxylation sites is 1. The summed E-state index contributed by atoms with van der Waals surface area (Å²) in [4.78, 5) is 25.9. The summed E-state index contributed by atoms with van der Waals surface area (Å²) in [7, 11) is 1.55. The van der Waals surface area contributed by atoms with E-state index < -0.39 is 17.9 Å². The molecule has 0 radical (unpaired) electrons. The fourth-order valence-corrected chi connectivity index (χ4v) is 4.60. The summed E-state index contributed by atoms with van der Waals surface area (Å²) in [6, 6.07) is 33.1. The number of ether oxygens (including phenoxy) is 2. The Labute approximate surface area is 229 Å². The molecule has 1 atom stereocenters. The molecular formula is C33H33NO5. The lowest BCUT2D eigenvalue weighted by molar-refractivity contribution is -0.141. The fourth-order valence-electron chi connectivity index (χ4n) is 4.60. The second kappa shape index (κ2) is 13.8. The van der Waals surface area contributed by atoms with E-state index in [1.165, 1.54) is 5.56 Å². The van der Waals surface area contributed by atoms with Crippen molar-refractivity contribution < 1.29 is 24.2 Å². The number of nitrogens with one attached hydrogen (secondary N) is 1. The molecule has 0 heterocycles. The third-order valence-corrected chi connectivity index (χ3v) is 6.55. The average Bonchev–Trinajstić information content (AvgIpc) is 2.97. The molecule has 39 heavy (non-hydrogen) atoms. The van der Waals surface area contributed by atoms with Gasteiger partial charge in [-0.25, -0.2) is 4.79 Å². The molecule has 4 aromatic carbocycles. The van der Waals surface area contributed by atoms with E-state index in [0.29, 0.717) is 23.7 Å². The minimum atomic E-state index is -1.16. The Kier molecular flexibility index (Phi) is 9.73. The van der Waals surface area contributed by atoms with Crippen LogP contribution in [-0.4, -0.2) is 36.7 Å². The third kappa shape index (κ3) is 7.48. The van der Waals surface area contributed by atoms with Gasteiger partial charge in [0.1, 0.15) is 6.04 Å². The molecule has 0 unspecified atom stereocenters. The first-order valence-corrected chi connectivity index (χ1v) is 13.0. The number of carboxylic acids is 1. The molecule has 1 amide bonds. The number of methoxy groups -OCH3 is 1. The first-order chi connectivity index (χ1) is 19.1. The summed E-state index contributed by atoms with van der Waals surface area (Å²) < 4.78 is 11.6. The van der Waals surface area contributed by atoms with Gasteiger partial charge in [0.05, 0.1) is 19.6 Å². The molecule has 0 saturated carbocycles. The summed E-state index contributed by atoms with van der Waals surface area (Å²) in [5, 5.41) is 12.9. The smallest absolute Gasteiger partial charge is 0.326 e. The Morgan fingerprint density at radius 1 is 0.795 bits per heavy atom. The van der Waals surface area contributed by atoms with Gasteiger partial charge in [-0.2, -0.15) is 0 Å². The molecule has 0 aliphatic carbocycles. The summed E-state index contributed by atoms with van der Waals surface area (Å²) in [6.07, 6.45) is 1.69. The molecule has 6 heteroatoms. The van der Waals surface area contributed by atoms with Crippen molar-refractivity contribution in [2.75, 3.05) is 13.7 Å². The number of hydrogen-bond donors (Lipinski definition) is 2. The van der Waals surface area contributed by atoms with E-state index in [2.05, 4.69) is 17.4 Å². The van der Waals surface area contributed by atoms with E-state index in [-0.39, 0.29) is 12.3 Å². The standard InChI is InChI=1S/C33H33NO5/c1-38-29-21-11-20-27(31(29)39-22-12-15-24-13-5-2-6-14-24)23-28(33(36)37)34-32(35)30(25-16-7-3-8-17-25)26-18-9-4-10-19-26/h2-11,13-14,16-21,28,30H,12,15,22-23H2,1H3,(H,34,35)(H,36,37)/t28-/m1/s1. The number of benzene rings is 4. The van der Waals surface area contributed by atoms with Crippen LogP contribution in [0.3, 0.4) is 0 Å². The van der Waals surface area contributed by atoms with E-state index in [1.807, 2.05) is 84.9 Å². The number of aryl methyl sites for hydroxylation is 1. The van der Waals surface area contributed by atoms with E-state index in [0.717, 1.165) is 24.0 Å². The van der Waals surface area contributed by atoms with Crippen molar-refractivity contribution in [1.82, 2.24) is 5.32 Å². The normalized spacial score (nSPS) is 11.5.